The van der Waals surface area contributed by atoms with Gasteiger partial charge in [-0.05, 0) is 57.0 Å². The molecule has 0 atom stereocenters. The van der Waals surface area contributed by atoms with Crippen molar-refractivity contribution >= 4 is 34.3 Å². The first-order valence-electron chi connectivity index (χ1n) is 12.3. The molecule has 0 radical (unpaired) electrons. The van der Waals surface area contributed by atoms with Crippen LogP contribution in [0, 0.1) is 11.3 Å². The largest absolute Gasteiger partial charge is 0.462 e. The molecule has 1 aliphatic rings. The van der Waals surface area contributed by atoms with E-state index in [4.69, 9.17) is 21.3 Å². The number of esters is 1. The highest BCUT2D eigenvalue weighted by molar-refractivity contribution is 6.33. The summed E-state index contributed by atoms with van der Waals surface area (Å²) in [6.45, 7) is 8.46. The highest BCUT2D eigenvalue weighted by Crippen LogP contribution is 2.36. The predicted octanol–water partition coefficient (Wildman–Crippen LogP) is 6.70. The molecule has 1 aromatic heterocycles. The molecule has 3 aromatic rings. The minimum Gasteiger partial charge on any atom is -0.462 e. The lowest BCUT2D eigenvalue weighted by molar-refractivity contribution is -0.139. The van der Waals surface area contributed by atoms with Gasteiger partial charge in [-0.15, -0.1) is 0 Å². The molecule has 6 nitrogen and oxygen atoms in total. The second-order valence-corrected chi connectivity index (χ2v) is 9.72. The van der Waals surface area contributed by atoms with E-state index in [1.54, 1.807) is 6.92 Å². The number of amidine groups is 1. The normalized spacial score (nSPS) is 15.1. The monoisotopic (exact) mass is 502 g/mol. The molecule has 0 bridgehead atoms. The molecule has 0 saturated heterocycles. The summed E-state index contributed by atoms with van der Waals surface area (Å²) in [5.74, 6) is 0.432. The number of hydrogen-bond acceptors (Lipinski definition) is 5. The minimum absolute atomic E-state index is 0.273. The number of carbonyl (C=O) groups excluding carboxylic acids is 1. The first-order chi connectivity index (χ1) is 17.3. The number of para-hydroxylation sites is 1. The standard InChI is InChI=1S/C29H31ClN4O2/c1-5-7-12-25-32-29(3,4)26(28(35)36-6-2)27(30)33(25)19-20-13-15-22(16-14-20)34-23(18-31)17-21-10-8-9-11-24(21)34/h8-11,13-17H,5-7,12,19H2,1-4H3. The van der Waals surface area contributed by atoms with Crippen LogP contribution in [0.1, 0.15) is 58.2 Å². The molecular weight excluding hydrogens is 472 g/mol. The third-order valence-corrected chi connectivity index (χ3v) is 6.76. The molecule has 2 aromatic carbocycles. The van der Waals surface area contributed by atoms with Gasteiger partial charge in [-0.1, -0.05) is 55.3 Å². The highest BCUT2D eigenvalue weighted by Gasteiger charge is 2.39. The van der Waals surface area contributed by atoms with Crippen LogP contribution >= 0.6 is 11.6 Å². The van der Waals surface area contributed by atoms with Gasteiger partial charge < -0.3 is 14.2 Å². The number of fused-ring (bicyclic) bond motifs is 1. The third-order valence-electron chi connectivity index (χ3n) is 6.37. The summed E-state index contributed by atoms with van der Waals surface area (Å²) in [4.78, 5) is 19.7. The van der Waals surface area contributed by atoms with E-state index in [2.05, 4.69) is 13.0 Å². The van der Waals surface area contributed by atoms with E-state index in [9.17, 15) is 10.1 Å². The summed E-state index contributed by atoms with van der Waals surface area (Å²) in [5.41, 5.74) is 3.10. The van der Waals surface area contributed by atoms with E-state index in [1.165, 1.54) is 0 Å². The maximum Gasteiger partial charge on any atom is 0.339 e. The van der Waals surface area contributed by atoms with Crippen LogP contribution in [0.25, 0.3) is 16.6 Å². The number of rotatable bonds is 8. The molecule has 4 rings (SSSR count). The van der Waals surface area contributed by atoms with Gasteiger partial charge in [0.15, 0.2) is 0 Å². The van der Waals surface area contributed by atoms with Crippen LogP contribution in [-0.2, 0) is 16.1 Å². The van der Waals surface area contributed by atoms with Crippen LogP contribution < -0.4 is 0 Å². The van der Waals surface area contributed by atoms with E-state index in [1.807, 2.05) is 77.9 Å². The molecular formula is C29H31ClN4O2. The van der Waals surface area contributed by atoms with Crippen molar-refractivity contribution in [1.29, 1.82) is 5.26 Å². The number of unbranched alkanes of at least 4 members (excludes halogenated alkanes) is 1. The average molecular weight is 503 g/mol. The van der Waals surface area contributed by atoms with Crippen LogP contribution in [0.5, 0.6) is 0 Å². The van der Waals surface area contributed by atoms with Gasteiger partial charge in [0, 0.05) is 17.5 Å². The Bertz CT molecular complexity index is 1380. The fourth-order valence-corrected chi connectivity index (χ4v) is 5.08. The number of carbonyl (C=O) groups is 1. The Balaban J connectivity index is 1.69. The lowest BCUT2D eigenvalue weighted by Gasteiger charge is -2.37. The van der Waals surface area contributed by atoms with Crippen molar-refractivity contribution in [1.82, 2.24) is 9.47 Å². The van der Waals surface area contributed by atoms with Crippen LogP contribution in [0.4, 0.5) is 0 Å². The number of nitrogens with zero attached hydrogens (tertiary/aromatic N) is 4. The fraction of sp³-hybridized carbons (Fsp3) is 0.345. The van der Waals surface area contributed by atoms with E-state index < -0.39 is 11.5 Å². The van der Waals surface area contributed by atoms with Crippen molar-refractivity contribution in [3.63, 3.8) is 0 Å². The lowest BCUT2D eigenvalue weighted by Crippen LogP contribution is -2.42. The maximum atomic E-state index is 12.8. The van der Waals surface area contributed by atoms with E-state index in [0.29, 0.717) is 23.0 Å². The molecule has 0 fully saturated rings. The number of ether oxygens (including phenoxy) is 1. The molecule has 36 heavy (non-hydrogen) atoms. The van der Waals surface area contributed by atoms with Gasteiger partial charge in [-0.2, -0.15) is 5.26 Å². The van der Waals surface area contributed by atoms with Gasteiger partial charge in [0.05, 0.1) is 29.8 Å². The molecule has 7 heteroatoms. The topological polar surface area (TPSA) is 70.6 Å². The van der Waals surface area contributed by atoms with E-state index in [-0.39, 0.29) is 6.61 Å². The summed E-state index contributed by atoms with van der Waals surface area (Å²) < 4.78 is 7.27. The van der Waals surface area contributed by atoms with E-state index in [0.717, 1.165) is 47.3 Å². The second kappa shape index (κ2) is 10.6. The number of aliphatic imine (C=N–C) groups is 1. The number of halogens is 1. The minimum atomic E-state index is -0.768. The zero-order chi connectivity index (χ0) is 25.9. The summed E-state index contributed by atoms with van der Waals surface area (Å²) in [6, 6.07) is 20.2. The third kappa shape index (κ3) is 4.89. The van der Waals surface area contributed by atoms with Gasteiger partial charge in [0.1, 0.15) is 22.8 Å². The molecule has 0 aliphatic carbocycles. The smallest absolute Gasteiger partial charge is 0.339 e. The van der Waals surface area contributed by atoms with Crippen molar-refractivity contribution < 1.29 is 9.53 Å². The number of hydrogen-bond donors (Lipinski definition) is 0. The predicted molar refractivity (Wildman–Crippen MR) is 144 cm³/mol. The summed E-state index contributed by atoms with van der Waals surface area (Å²) >= 11 is 6.89. The Morgan fingerprint density at radius 2 is 1.86 bits per heavy atom. The molecule has 0 amide bonds. The van der Waals surface area contributed by atoms with Gasteiger partial charge in [-0.3, -0.25) is 4.99 Å². The molecule has 1 aliphatic heterocycles. The molecule has 0 unspecified atom stereocenters. The van der Waals surface area contributed by atoms with Crippen molar-refractivity contribution in [3.8, 4) is 11.8 Å². The number of nitriles is 1. The Morgan fingerprint density at radius 3 is 2.53 bits per heavy atom. The number of benzene rings is 2. The van der Waals surface area contributed by atoms with E-state index >= 15 is 0 Å². The zero-order valence-corrected chi connectivity index (χ0v) is 22.0. The van der Waals surface area contributed by atoms with Crippen molar-refractivity contribution in [2.75, 3.05) is 6.61 Å². The summed E-state index contributed by atoms with van der Waals surface area (Å²) in [7, 11) is 0. The average Bonchev–Trinajstić information content (AvgIpc) is 3.23. The van der Waals surface area contributed by atoms with Gasteiger partial charge in [0.25, 0.3) is 0 Å². The van der Waals surface area contributed by atoms with Gasteiger partial charge >= 0.3 is 5.97 Å². The Labute approximate surface area is 217 Å². The number of aromatic nitrogens is 1. The second-order valence-electron chi connectivity index (χ2n) is 9.37. The zero-order valence-electron chi connectivity index (χ0n) is 21.2. The van der Waals surface area contributed by atoms with Crippen molar-refractivity contribution in [2.45, 2.75) is 59.0 Å². The Hall–Kier alpha value is -3.56. The summed E-state index contributed by atoms with van der Waals surface area (Å²) in [6.07, 6.45) is 2.77. The first kappa shape index (κ1) is 25.5. The van der Waals surface area contributed by atoms with Crippen molar-refractivity contribution in [2.24, 2.45) is 4.99 Å². The van der Waals surface area contributed by atoms with Gasteiger partial charge in [0.2, 0.25) is 0 Å². The summed E-state index contributed by atoms with van der Waals surface area (Å²) in [5, 5.41) is 11.1. The lowest BCUT2D eigenvalue weighted by atomic mass is 9.93. The highest BCUT2D eigenvalue weighted by atomic mass is 35.5. The SMILES string of the molecule is CCCCC1=NC(C)(C)C(C(=O)OCC)=C(Cl)N1Cc1ccc(-n2c(C#N)cc3ccccc32)cc1. The molecule has 2 heterocycles. The first-order valence-corrected chi connectivity index (χ1v) is 12.7. The molecule has 186 valence electrons. The quantitative estimate of drug-likeness (QED) is 0.254. The molecule has 0 N–H and O–H groups in total. The fourth-order valence-electron chi connectivity index (χ4n) is 4.61. The maximum absolute atomic E-state index is 12.8. The van der Waals surface area contributed by atoms with Crippen molar-refractivity contribution in [3.05, 3.63) is 76.6 Å². The van der Waals surface area contributed by atoms with Crippen LogP contribution in [-0.4, -0.2) is 33.4 Å². The molecule has 0 saturated carbocycles. The molecule has 0 spiro atoms. The van der Waals surface area contributed by atoms with Gasteiger partial charge in [-0.25, -0.2) is 4.79 Å². The Morgan fingerprint density at radius 1 is 1.14 bits per heavy atom. The van der Waals surface area contributed by atoms with Crippen LogP contribution in [0.15, 0.2) is 70.3 Å². The van der Waals surface area contributed by atoms with Crippen LogP contribution in [0.2, 0.25) is 0 Å². The van der Waals surface area contributed by atoms with Crippen LogP contribution in [0.3, 0.4) is 0 Å². The Kier molecular flexibility index (Phi) is 7.51.